The highest BCUT2D eigenvalue weighted by molar-refractivity contribution is 5.80. The van der Waals surface area contributed by atoms with Crippen LogP contribution in [0, 0.1) is 5.82 Å². The molecule has 2 aliphatic heterocycles. The van der Waals surface area contributed by atoms with Crippen LogP contribution in [0.3, 0.4) is 0 Å². The van der Waals surface area contributed by atoms with Gasteiger partial charge < -0.3 is 20.1 Å². The second-order valence-electron chi connectivity index (χ2n) is 6.84. The maximum atomic E-state index is 14.3. The normalized spacial score (nSPS) is 24.1. The summed E-state index contributed by atoms with van der Waals surface area (Å²) in [6, 6.07) is 8.69. The van der Waals surface area contributed by atoms with Crippen molar-refractivity contribution in [1.29, 1.82) is 0 Å². The van der Waals surface area contributed by atoms with Crippen LogP contribution in [0.2, 0.25) is 0 Å². The highest BCUT2D eigenvalue weighted by atomic mass is 19.1. The van der Waals surface area contributed by atoms with Gasteiger partial charge >= 0.3 is 0 Å². The number of fused-ring (bicyclic) bond motifs is 2. The summed E-state index contributed by atoms with van der Waals surface area (Å²) < 4.78 is 25.7. The van der Waals surface area contributed by atoms with Gasteiger partial charge in [-0.05, 0) is 49.1 Å². The summed E-state index contributed by atoms with van der Waals surface area (Å²) in [6.45, 7) is 0.464. The van der Waals surface area contributed by atoms with Crippen LogP contribution in [0.1, 0.15) is 24.8 Å². The minimum Gasteiger partial charge on any atom is -0.453 e. The lowest BCUT2D eigenvalue weighted by Crippen LogP contribution is -2.47. The molecule has 27 heavy (non-hydrogen) atoms. The number of benzene rings is 1. The lowest BCUT2D eigenvalue weighted by Gasteiger charge is -2.22. The van der Waals surface area contributed by atoms with Crippen molar-refractivity contribution in [1.82, 2.24) is 15.6 Å². The van der Waals surface area contributed by atoms with E-state index in [0.717, 1.165) is 24.8 Å². The fourth-order valence-electron chi connectivity index (χ4n) is 3.62. The van der Waals surface area contributed by atoms with E-state index in [9.17, 15) is 4.39 Å². The number of halogens is 1. The molecule has 2 fully saturated rings. The van der Waals surface area contributed by atoms with Gasteiger partial charge in [-0.3, -0.25) is 9.98 Å². The van der Waals surface area contributed by atoms with Gasteiger partial charge in [0.05, 0.1) is 24.4 Å². The molecule has 3 unspecified atom stereocenters. The largest absolute Gasteiger partial charge is 0.453 e. The summed E-state index contributed by atoms with van der Waals surface area (Å²) in [6.07, 6.45) is 7.11. The molecule has 7 heteroatoms. The minimum absolute atomic E-state index is 0.174. The van der Waals surface area contributed by atoms with E-state index in [-0.39, 0.29) is 11.9 Å². The van der Waals surface area contributed by atoms with Gasteiger partial charge in [-0.25, -0.2) is 4.39 Å². The average molecular weight is 370 g/mol. The summed E-state index contributed by atoms with van der Waals surface area (Å²) in [5.74, 6) is 0.961. The summed E-state index contributed by atoms with van der Waals surface area (Å²) in [5, 5.41) is 6.65. The number of guanidine groups is 1. The molecule has 6 nitrogen and oxygen atoms in total. The highest BCUT2D eigenvalue weighted by Crippen LogP contribution is 2.34. The molecule has 4 rings (SSSR count). The number of hydrogen-bond acceptors (Lipinski definition) is 4. The number of pyridine rings is 1. The second kappa shape index (κ2) is 7.92. The molecule has 0 radical (unpaired) electrons. The van der Waals surface area contributed by atoms with Crippen molar-refractivity contribution in [3.8, 4) is 11.5 Å². The fraction of sp³-hybridized carbons (Fsp3) is 0.400. The Labute approximate surface area is 157 Å². The van der Waals surface area contributed by atoms with E-state index in [1.54, 1.807) is 37.6 Å². The average Bonchev–Trinajstić information content (AvgIpc) is 3.31. The Hall–Kier alpha value is -2.67. The van der Waals surface area contributed by atoms with Gasteiger partial charge in [0.2, 0.25) is 0 Å². The molecule has 2 aliphatic rings. The van der Waals surface area contributed by atoms with Gasteiger partial charge in [0.15, 0.2) is 17.5 Å². The zero-order valence-corrected chi connectivity index (χ0v) is 15.2. The highest BCUT2D eigenvalue weighted by Gasteiger charge is 2.41. The van der Waals surface area contributed by atoms with Crippen molar-refractivity contribution in [3.63, 3.8) is 0 Å². The Morgan fingerprint density at radius 1 is 1.37 bits per heavy atom. The number of aliphatic imine (C=N–C) groups is 1. The minimum atomic E-state index is -0.414. The Bertz CT molecular complexity index is 815. The molecule has 1 aromatic carbocycles. The van der Waals surface area contributed by atoms with Crippen LogP contribution in [0.25, 0.3) is 0 Å². The van der Waals surface area contributed by atoms with E-state index >= 15 is 0 Å². The second-order valence-corrected chi connectivity index (χ2v) is 6.84. The van der Waals surface area contributed by atoms with Gasteiger partial charge in [0.25, 0.3) is 0 Å². The first-order chi connectivity index (χ1) is 13.2. The lowest BCUT2D eigenvalue weighted by molar-refractivity contribution is 0.0992. The molecule has 2 aromatic rings. The zero-order chi connectivity index (χ0) is 18.6. The SMILES string of the molecule is CN=C(NCc1ccc(Oc2cccnc2)c(F)c1)NC1CC2CCC1O2. The Kier molecular flexibility index (Phi) is 5.20. The molecule has 142 valence electrons. The third kappa shape index (κ3) is 4.19. The molecule has 2 bridgehead atoms. The lowest BCUT2D eigenvalue weighted by atomic mass is 9.96. The summed E-state index contributed by atoms with van der Waals surface area (Å²) in [7, 11) is 1.73. The summed E-state index contributed by atoms with van der Waals surface area (Å²) in [4.78, 5) is 8.22. The van der Waals surface area contributed by atoms with Crippen LogP contribution in [-0.4, -0.2) is 36.2 Å². The third-order valence-corrected chi connectivity index (χ3v) is 4.97. The van der Waals surface area contributed by atoms with Crippen LogP contribution in [0.4, 0.5) is 4.39 Å². The number of hydrogen-bond donors (Lipinski definition) is 2. The van der Waals surface area contributed by atoms with Crippen molar-refractivity contribution < 1.29 is 13.9 Å². The molecule has 0 saturated carbocycles. The van der Waals surface area contributed by atoms with Gasteiger partial charge in [-0.1, -0.05) is 6.07 Å². The maximum Gasteiger partial charge on any atom is 0.191 e. The van der Waals surface area contributed by atoms with Crippen molar-refractivity contribution in [2.24, 2.45) is 4.99 Å². The van der Waals surface area contributed by atoms with Crippen LogP contribution >= 0.6 is 0 Å². The number of ether oxygens (including phenoxy) is 2. The Morgan fingerprint density at radius 3 is 2.96 bits per heavy atom. The van der Waals surface area contributed by atoms with Crippen molar-refractivity contribution in [2.75, 3.05) is 7.05 Å². The quantitative estimate of drug-likeness (QED) is 0.626. The van der Waals surface area contributed by atoms with E-state index < -0.39 is 5.82 Å². The first-order valence-corrected chi connectivity index (χ1v) is 9.20. The molecule has 1 aromatic heterocycles. The topological polar surface area (TPSA) is 67.8 Å². The van der Waals surface area contributed by atoms with Gasteiger partial charge in [0, 0.05) is 19.8 Å². The summed E-state index contributed by atoms with van der Waals surface area (Å²) >= 11 is 0. The Morgan fingerprint density at radius 2 is 2.30 bits per heavy atom. The fourth-order valence-corrected chi connectivity index (χ4v) is 3.62. The van der Waals surface area contributed by atoms with E-state index in [1.165, 1.54) is 6.07 Å². The Balaban J connectivity index is 1.33. The maximum absolute atomic E-state index is 14.3. The molecule has 2 N–H and O–H groups in total. The van der Waals surface area contributed by atoms with E-state index in [0.29, 0.717) is 30.4 Å². The van der Waals surface area contributed by atoms with Crippen LogP contribution < -0.4 is 15.4 Å². The van der Waals surface area contributed by atoms with Crippen LogP contribution in [0.5, 0.6) is 11.5 Å². The van der Waals surface area contributed by atoms with Crippen molar-refractivity contribution >= 4 is 5.96 Å². The number of aromatic nitrogens is 1. The van der Waals surface area contributed by atoms with E-state index in [1.807, 2.05) is 6.07 Å². The summed E-state index contributed by atoms with van der Waals surface area (Å²) in [5.41, 5.74) is 0.804. The number of nitrogens with one attached hydrogen (secondary N) is 2. The molecule has 0 amide bonds. The van der Waals surface area contributed by atoms with Gasteiger partial charge in [-0.2, -0.15) is 0 Å². The molecule has 3 atom stereocenters. The van der Waals surface area contributed by atoms with Crippen molar-refractivity contribution in [2.45, 2.75) is 44.1 Å². The van der Waals surface area contributed by atoms with Crippen LogP contribution in [0.15, 0.2) is 47.7 Å². The number of rotatable bonds is 5. The van der Waals surface area contributed by atoms with E-state index in [4.69, 9.17) is 9.47 Å². The van der Waals surface area contributed by atoms with Gasteiger partial charge in [0.1, 0.15) is 5.75 Å². The van der Waals surface area contributed by atoms with Crippen LogP contribution in [-0.2, 0) is 11.3 Å². The van der Waals surface area contributed by atoms with Crippen molar-refractivity contribution in [3.05, 3.63) is 54.1 Å². The predicted octanol–water partition coefficient (Wildman–Crippen LogP) is 3.00. The molecule has 2 saturated heterocycles. The molecule has 3 heterocycles. The smallest absolute Gasteiger partial charge is 0.191 e. The molecule has 0 aliphatic carbocycles. The monoisotopic (exact) mass is 370 g/mol. The van der Waals surface area contributed by atoms with E-state index in [2.05, 4.69) is 20.6 Å². The number of nitrogens with zero attached hydrogens (tertiary/aromatic N) is 2. The first-order valence-electron chi connectivity index (χ1n) is 9.20. The standard InChI is InChI=1S/C20H23FN4O2/c1-22-20(25-17-10-14-5-7-19(17)26-14)24-11-13-4-6-18(16(21)9-13)27-15-3-2-8-23-12-15/h2-4,6,8-9,12,14,17,19H,5,7,10-11H2,1H3,(H2,22,24,25). The third-order valence-electron chi connectivity index (χ3n) is 4.97. The molecular formula is C20H23FN4O2. The van der Waals surface area contributed by atoms with Gasteiger partial charge in [-0.15, -0.1) is 0 Å². The first kappa shape index (κ1) is 17.7. The zero-order valence-electron chi connectivity index (χ0n) is 15.2. The molecule has 0 spiro atoms. The predicted molar refractivity (Wildman–Crippen MR) is 100 cm³/mol. The molecular weight excluding hydrogens is 347 g/mol.